The summed E-state index contributed by atoms with van der Waals surface area (Å²) in [7, 11) is 1.04. The number of hydroxylamine groups is 2. The van der Waals surface area contributed by atoms with Gasteiger partial charge in [0.1, 0.15) is 0 Å². The van der Waals surface area contributed by atoms with Crippen LogP contribution < -0.4 is 11.0 Å². The van der Waals surface area contributed by atoms with E-state index in [2.05, 4.69) is 38.3 Å². The minimum absolute atomic E-state index is 0.455. The first-order valence-electron chi connectivity index (χ1n) is 6.29. The molecule has 0 aromatic heterocycles. The predicted octanol–water partition coefficient (Wildman–Crippen LogP) is -0.318. The Hall–Kier alpha value is -2.59. The molecule has 0 heterocycles. The summed E-state index contributed by atoms with van der Waals surface area (Å²) < 4.78 is 13.6. The Kier molecular flexibility index (Phi) is 9.80. The zero-order valence-corrected chi connectivity index (χ0v) is 13.2. The van der Waals surface area contributed by atoms with Crippen LogP contribution in [0, 0.1) is 0 Å². The highest BCUT2D eigenvalue weighted by atomic mass is 16.8. The Morgan fingerprint density at radius 2 is 1.30 bits per heavy atom. The van der Waals surface area contributed by atoms with E-state index in [1.165, 1.54) is 0 Å². The number of hydrogen-bond acceptors (Lipinski definition) is 10. The van der Waals surface area contributed by atoms with E-state index < -0.39 is 37.4 Å². The lowest BCUT2D eigenvalue weighted by atomic mass is 10.6. The number of methoxy groups -OCH3 is 1. The molecular formula is C13H20N2O8. The lowest BCUT2D eigenvalue weighted by Gasteiger charge is -2.16. The topological polar surface area (TPSA) is 121 Å². The second kappa shape index (κ2) is 11.0. The van der Waals surface area contributed by atoms with E-state index in [1.54, 1.807) is 13.8 Å². The van der Waals surface area contributed by atoms with Crippen LogP contribution in [0.25, 0.3) is 0 Å². The van der Waals surface area contributed by atoms with Gasteiger partial charge in [0.25, 0.3) is 0 Å². The van der Waals surface area contributed by atoms with Crippen LogP contribution in [0.3, 0.4) is 0 Å². The molecule has 0 spiro atoms. The minimum atomic E-state index is -1.87. The Labute approximate surface area is 133 Å². The van der Waals surface area contributed by atoms with E-state index in [4.69, 9.17) is 9.68 Å². The molecule has 0 saturated heterocycles. The van der Waals surface area contributed by atoms with Crippen LogP contribution in [0.1, 0.15) is 13.8 Å². The van der Waals surface area contributed by atoms with Gasteiger partial charge in [-0.05, 0) is 13.8 Å². The van der Waals surface area contributed by atoms with Crippen molar-refractivity contribution >= 4 is 17.9 Å². The molecule has 10 nitrogen and oxygen atoms in total. The van der Waals surface area contributed by atoms with Crippen LogP contribution in [-0.2, 0) is 38.3 Å². The Morgan fingerprint density at radius 3 is 1.61 bits per heavy atom. The van der Waals surface area contributed by atoms with E-state index in [0.29, 0.717) is 11.4 Å². The molecule has 0 saturated carbocycles. The maximum absolute atomic E-state index is 11.5. The summed E-state index contributed by atoms with van der Waals surface area (Å²) in [4.78, 5) is 43.8. The van der Waals surface area contributed by atoms with Crippen molar-refractivity contribution in [2.45, 2.75) is 20.1 Å². The highest BCUT2D eigenvalue weighted by molar-refractivity contribution is 5.81. The summed E-state index contributed by atoms with van der Waals surface area (Å²) in [5, 5.41) is 0. The van der Waals surface area contributed by atoms with Crippen molar-refractivity contribution in [2.75, 3.05) is 20.3 Å². The predicted molar refractivity (Wildman–Crippen MR) is 75.8 cm³/mol. The maximum atomic E-state index is 11.5. The standard InChI is InChI=1S/C13H20N2O8/c1-8(2)14-20-6-10(16)22-13(12(18)19-5)23-11(17)7-21-15-9(3)4/h13-15H,1,3,6-7H2,2,4-5H3. The molecule has 0 radical (unpaired) electrons. The van der Waals surface area contributed by atoms with Crippen LogP contribution in [0.2, 0.25) is 0 Å². The van der Waals surface area contributed by atoms with Crippen molar-refractivity contribution in [3.8, 4) is 0 Å². The fraction of sp³-hybridized carbons (Fsp3) is 0.462. The number of allylic oxidation sites excluding steroid dienone is 2. The highest BCUT2D eigenvalue weighted by Gasteiger charge is 2.28. The normalized spacial score (nSPS) is 9.74. The third kappa shape index (κ3) is 10.7. The van der Waals surface area contributed by atoms with Gasteiger partial charge in [-0.25, -0.2) is 14.4 Å². The third-order valence-electron chi connectivity index (χ3n) is 1.74. The molecule has 0 atom stereocenters. The number of ether oxygens (including phenoxy) is 3. The largest absolute Gasteiger partial charge is 0.463 e. The fourth-order valence-electron chi connectivity index (χ4n) is 0.960. The summed E-state index contributed by atoms with van der Waals surface area (Å²) >= 11 is 0. The van der Waals surface area contributed by atoms with E-state index in [-0.39, 0.29) is 0 Å². The Balaban J connectivity index is 4.38. The van der Waals surface area contributed by atoms with Crippen molar-refractivity contribution in [3.63, 3.8) is 0 Å². The molecule has 0 aliphatic carbocycles. The van der Waals surface area contributed by atoms with Crippen LogP contribution in [-0.4, -0.2) is 44.5 Å². The first-order valence-corrected chi connectivity index (χ1v) is 6.29. The molecule has 0 aliphatic heterocycles. The Bertz CT molecular complexity index is 429. The van der Waals surface area contributed by atoms with Gasteiger partial charge in [0.2, 0.25) is 0 Å². The van der Waals surface area contributed by atoms with Gasteiger partial charge in [-0.3, -0.25) is 20.6 Å². The highest BCUT2D eigenvalue weighted by Crippen LogP contribution is 2.01. The average molecular weight is 332 g/mol. The molecule has 0 aliphatic rings. The number of esters is 3. The van der Waals surface area contributed by atoms with Gasteiger partial charge in [-0.1, -0.05) is 13.2 Å². The van der Waals surface area contributed by atoms with Crippen LogP contribution in [0.15, 0.2) is 24.6 Å². The SMILES string of the molecule is C=C(C)NOCC(=O)OC(OC(=O)CONC(=C)C)C(=O)OC. The Morgan fingerprint density at radius 1 is 0.913 bits per heavy atom. The summed E-state index contributed by atoms with van der Waals surface area (Å²) in [6, 6.07) is 0. The van der Waals surface area contributed by atoms with Gasteiger partial charge in [-0.15, -0.1) is 0 Å². The lowest BCUT2D eigenvalue weighted by Crippen LogP contribution is -2.36. The number of carbonyl (C=O) groups is 3. The molecule has 2 N–H and O–H groups in total. The number of rotatable bonds is 11. The van der Waals surface area contributed by atoms with Crippen molar-refractivity contribution < 1.29 is 38.3 Å². The number of carbonyl (C=O) groups excluding carboxylic acids is 3. The van der Waals surface area contributed by atoms with Crippen molar-refractivity contribution in [2.24, 2.45) is 0 Å². The molecule has 0 aromatic rings. The summed E-state index contributed by atoms with van der Waals surface area (Å²) in [5.74, 6) is -3.02. The molecule has 0 fully saturated rings. The van der Waals surface area contributed by atoms with Gasteiger partial charge in [0, 0.05) is 11.4 Å². The first kappa shape index (κ1) is 20.4. The zero-order valence-electron chi connectivity index (χ0n) is 13.2. The van der Waals surface area contributed by atoms with E-state index in [0.717, 1.165) is 7.11 Å². The minimum Gasteiger partial charge on any atom is -0.463 e. The molecule has 0 bridgehead atoms. The quantitative estimate of drug-likeness (QED) is 0.296. The number of hydrogen-bond donors (Lipinski definition) is 2. The monoisotopic (exact) mass is 332 g/mol. The van der Waals surface area contributed by atoms with Gasteiger partial charge in [0.05, 0.1) is 7.11 Å². The smallest absolute Gasteiger partial charge is 0.389 e. The first-order chi connectivity index (χ1) is 10.8. The molecule has 0 rings (SSSR count). The fourth-order valence-corrected chi connectivity index (χ4v) is 0.960. The zero-order chi connectivity index (χ0) is 17.8. The maximum Gasteiger partial charge on any atom is 0.389 e. The summed E-state index contributed by atoms with van der Waals surface area (Å²) in [6.07, 6.45) is -1.87. The van der Waals surface area contributed by atoms with Gasteiger partial charge < -0.3 is 14.2 Å². The molecule has 0 amide bonds. The molecule has 130 valence electrons. The molecular weight excluding hydrogens is 312 g/mol. The molecule has 23 heavy (non-hydrogen) atoms. The van der Waals surface area contributed by atoms with Crippen LogP contribution >= 0.6 is 0 Å². The lowest BCUT2D eigenvalue weighted by molar-refractivity contribution is -0.207. The second-order valence-corrected chi connectivity index (χ2v) is 4.18. The van der Waals surface area contributed by atoms with Gasteiger partial charge >= 0.3 is 24.2 Å². The summed E-state index contributed by atoms with van der Waals surface area (Å²) in [6.45, 7) is 9.06. The van der Waals surface area contributed by atoms with Gasteiger partial charge in [-0.2, -0.15) is 0 Å². The molecule has 0 unspecified atom stereocenters. The van der Waals surface area contributed by atoms with Gasteiger partial charge in [0.15, 0.2) is 13.2 Å². The summed E-state index contributed by atoms with van der Waals surface area (Å²) in [5.41, 5.74) is 5.54. The number of nitrogens with one attached hydrogen (secondary N) is 2. The van der Waals surface area contributed by atoms with E-state index in [1.807, 2.05) is 0 Å². The van der Waals surface area contributed by atoms with E-state index >= 15 is 0 Å². The second-order valence-electron chi connectivity index (χ2n) is 4.18. The van der Waals surface area contributed by atoms with Crippen LogP contribution in [0.4, 0.5) is 0 Å². The van der Waals surface area contributed by atoms with E-state index in [9.17, 15) is 14.4 Å². The average Bonchev–Trinajstić information content (AvgIpc) is 2.44. The molecule has 0 aromatic carbocycles. The van der Waals surface area contributed by atoms with Crippen molar-refractivity contribution in [1.29, 1.82) is 0 Å². The van der Waals surface area contributed by atoms with Crippen LogP contribution in [0.5, 0.6) is 0 Å². The van der Waals surface area contributed by atoms with Crippen molar-refractivity contribution in [1.82, 2.24) is 11.0 Å². The van der Waals surface area contributed by atoms with Crippen molar-refractivity contribution in [3.05, 3.63) is 24.6 Å². The third-order valence-corrected chi connectivity index (χ3v) is 1.74. The molecule has 10 heteroatoms.